The summed E-state index contributed by atoms with van der Waals surface area (Å²) in [6, 6.07) is 7.21. The number of carbonyl (C=O) groups excluding carboxylic acids is 1. The monoisotopic (exact) mass is 269 g/mol. The molecular weight excluding hydrogens is 254 g/mol. The summed E-state index contributed by atoms with van der Waals surface area (Å²) in [5, 5.41) is 3.59. The molecule has 1 heterocycles. The van der Waals surface area contributed by atoms with Crippen molar-refractivity contribution in [1.29, 1.82) is 0 Å². The van der Waals surface area contributed by atoms with Gasteiger partial charge in [0.15, 0.2) is 0 Å². The summed E-state index contributed by atoms with van der Waals surface area (Å²) < 4.78 is 10.5. The van der Waals surface area contributed by atoms with Crippen molar-refractivity contribution in [2.75, 3.05) is 25.1 Å². The Balaban J connectivity index is 1.68. The first kappa shape index (κ1) is 13.2. The molecule has 1 aromatic carbocycles. The van der Waals surface area contributed by atoms with Crippen LogP contribution in [0, 0.1) is 0 Å². The van der Waals surface area contributed by atoms with Crippen LogP contribution in [0.3, 0.4) is 0 Å². The SMILES string of the molecule is O=C(CNc1cccc(Cl)c1)OCC1CCCO1. The zero-order valence-electron chi connectivity index (χ0n) is 10.0. The summed E-state index contributed by atoms with van der Waals surface area (Å²) >= 11 is 5.83. The van der Waals surface area contributed by atoms with Gasteiger partial charge < -0.3 is 14.8 Å². The van der Waals surface area contributed by atoms with Gasteiger partial charge in [-0.05, 0) is 31.0 Å². The van der Waals surface area contributed by atoms with Crippen molar-refractivity contribution in [1.82, 2.24) is 0 Å². The number of benzene rings is 1. The molecule has 1 atom stereocenters. The molecular formula is C13H16ClNO3. The van der Waals surface area contributed by atoms with Gasteiger partial charge in [-0.1, -0.05) is 17.7 Å². The molecule has 1 unspecified atom stereocenters. The van der Waals surface area contributed by atoms with E-state index in [0.29, 0.717) is 11.6 Å². The van der Waals surface area contributed by atoms with Crippen LogP contribution in [0.1, 0.15) is 12.8 Å². The average Bonchev–Trinajstić information content (AvgIpc) is 2.87. The molecule has 1 N–H and O–H groups in total. The quantitative estimate of drug-likeness (QED) is 0.835. The third-order valence-electron chi connectivity index (χ3n) is 2.72. The summed E-state index contributed by atoms with van der Waals surface area (Å²) in [4.78, 5) is 11.5. The highest BCUT2D eigenvalue weighted by atomic mass is 35.5. The van der Waals surface area contributed by atoms with Gasteiger partial charge in [-0.15, -0.1) is 0 Å². The summed E-state index contributed by atoms with van der Waals surface area (Å²) in [6.07, 6.45) is 2.08. The average molecular weight is 270 g/mol. The van der Waals surface area contributed by atoms with Gasteiger partial charge in [0.2, 0.25) is 0 Å². The second-order valence-corrected chi connectivity index (χ2v) is 4.62. The molecule has 0 saturated carbocycles. The molecule has 0 spiro atoms. The van der Waals surface area contributed by atoms with Crippen LogP contribution >= 0.6 is 11.6 Å². The van der Waals surface area contributed by atoms with E-state index in [2.05, 4.69) is 5.32 Å². The largest absolute Gasteiger partial charge is 0.462 e. The van der Waals surface area contributed by atoms with Gasteiger partial charge in [-0.3, -0.25) is 4.79 Å². The highest BCUT2D eigenvalue weighted by molar-refractivity contribution is 6.30. The number of anilines is 1. The zero-order chi connectivity index (χ0) is 12.8. The molecule has 98 valence electrons. The van der Waals surface area contributed by atoms with Crippen LogP contribution in [0.25, 0.3) is 0 Å². The molecule has 0 aliphatic carbocycles. The Morgan fingerprint density at radius 1 is 1.56 bits per heavy atom. The second-order valence-electron chi connectivity index (χ2n) is 4.18. The minimum atomic E-state index is -0.287. The van der Waals surface area contributed by atoms with E-state index in [4.69, 9.17) is 21.1 Å². The van der Waals surface area contributed by atoms with E-state index >= 15 is 0 Å². The molecule has 2 rings (SSSR count). The van der Waals surface area contributed by atoms with Crippen LogP contribution in [0.2, 0.25) is 5.02 Å². The third-order valence-corrected chi connectivity index (χ3v) is 2.95. The second kappa shape index (κ2) is 6.61. The summed E-state index contributed by atoms with van der Waals surface area (Å²) in [5.74, 6) is -0.287. The predicted octanol–water partition coefficient (Wildman–Crippen LogP) is 2.47. The van der Waals surface area contributed by atoms with Crippen LogP contribution in [0.5, 0.6) is 0 Å². The van der Waals surface area contributed by atoms with Crippen molar-refractivity contribution in [3.8, 4) is 0 Å². The standard InChI is InChI=1S/C13H16ClNO3/c14-10-3-1-4-11(7-10)15-8-13(16)18-9-12-5-2-6-17-12/h1,3-4,7,12,15H,2,5-6,8-9H2. The highest BCUT2D eigenvalue weighted by Gasteiger charge is 2.17. The lowest BCUT2D eigenvalue weighted by Crippen LogP contribution is -2.22. The molecule has 18 heavy (non-hydrogen) atoms. The van der Waals surface area contributed by atoms with Crippen molar-refractivity contribution in [2.45, 2.75) is 18.9 Å². The van der Waals surface area contributed by atoms with Gasteiger partial charge >= 0.3 is 5.97 Å². The molecule has 1 fully saturated rings. The van der Waals surface area contributed by atoms with Crippen LogP contribution < -0.4 is 5.32 Å². The van der Waals surface area contributed by atoms with Crippen LogP contribution in [-0.4, -0.2) is 31.8 Å². The molecule has 0 radical (unpaired) electrons. The number of carbonyl (C=O) groups is 1. The number of rotatable bonds is 5. The Hall–Kier alpha value is -1.26. The van der Waals surface area contributed by atoms with E-state index in [1.165, 1.54) is 0 Å². The smallest absolute Gasteiger partial charge is 0.325 e. The summed E-state index contributed by atoms with van der Waals surface area (Å²) in [6.45, 7) is 1.24. The first-order valence-electron chi connectivity index (χ1n) is 6.01. The number of hydrogen-bond acceptors (Lipinski definition) is 4. The fraction of sp³-hybridized carbons (Fsp3) is 0.462. The molecule has 0 aromatic heterocycles. The van der Waals surface area contributed by atoms with E-state index < -0.39 is 0 Å². The number of ether oxygens (including phenoxy) is 2. The first-order valence-corrected chi connectivity index (χ1v) is 6.38. The van der Waals surface area contributed by atoms with Gasteiger partial charge in [0.05, 0.1) is 6.10 Å². The zero-order valence-corrected chi connectivity index (χ0v) is 10.8. The normalized spacial score (nSPS) is 18.6. The fourth-order valence-corrected chi connectivity index (χ4v) is 1.98. The maximum atomic E-state index is 11.5. The van der Waals surface area contributed by atoms with Crippen molar-refractivity contribution in [3.05, 3.63) is 29.3 Å². The molecule has 5 heteroatoms. The van der Waals surface area contributed by atoms with E-state index in [1.807, 2.05) is 12.1 Å². The molecule has 4 nitrogen and oxygen atoms in total. The Bertz CT molecular complexity index is 405. The summed E-state index contributed by atoms with van der Waals surface area (Å²) in [7, 11) is 0. The number of halogens is 1. The minimum Gasteiger partial charge on any atom is -0.462 e. The molecule has 1 aliphatic heterocycles. The maximum Gasteiger partial charge on any atom is 0.325 e. The van der Waals surface area contributed by atoms with Gasteiger partial charge in [-0.2, -0.15) is 0 Å². The molecule has 1 aromatic rings. The van der Waals surface area contributed by atoms with Crippen molar-refractivity contribution < 1.29 is 14.3 Å². The van der Waals surface area contributed by atoms with Gasteiger partial charge in [0, 0.05) is 17.3 Å². The van der Waals surface area contributed by atoms with E-state index in [0.717, 1.165) is 25.1 Å². The summed E-state index contributed by atoms with van der Waals surface area (Å²) in [5.41, 5.74) is 0.802. The van der Waals surface area contributed by atoms with Crippen LogP contribution in [-0.2, 0) is 14.3 Å². The number of nitrogens with one attached hydrogen (secondary N) is 1. The Morgan fingerprint density at radius 2 is 2.44 bits per heavy atom. The maximum absolute atomic E-state index is 11.5. The molecule has 0 amide bonds. The molecule has 0 bridgehead atoms. The van der Waals surface area contributed by atoms with Crippen LogP contribution in [0.15, 0.2) is 24.3 Å². The number of hydrogen-bond donors (Lipinski definition) is 1. The number of esters is 1. The molecule has 1 aliphatic rings. The third kappa shape index (κ3) is 4.20. The lowest BCUT2D eigenvalue weighted by Gasteiger charge is -2.11. The van der Waals surface area contributed by atoms with E-state index in [-0.39, 0.29) is 18.6 Å². The van der Waals surface area contributed by atoms with Gasteiger partial charge in [0.1, 0.15) is 13.2 Å². The lowest BCUT2D eigenvalue weighted by molar-refractivity contribution is -0.144. The van der Waals surface area contributed by atoms with Gasteiger partial charge in [-0.25, -0.2) is 0 Å². The topological polar surface area (TPSA) is 47.6 Å². The van der Waals surface area contributed by atoms with Crippen molar-refractivity contribution >= 4 is 23.3 Å². The Morgan fingerprint density at radius 3 is 3.17 bits per heavy atom. The predicted molar refractivity (Wildman–Crippen MR) is 69.9 cm³/mol. The van der Waals surface area contributed by atoms with E-state index in [9.17, 15) is 4.79 Å². The Kier molecular flexibility index (Phi) is 4.84. The Labute approximate surface area is 111 Å². The minimum absolute atomic E-state index is 0.0696. The van der Waals surface area contributed by atoms with Gasteiger partial charge in [0.25, 0.3) is 0 Å². The first-order chi connectivity index (χ1) is 8.74. The van der Waals surface area contributed by atoms with Crippen LogP contribution in [0.4, 0.5) is 5.69 Å². The van der Waals surface area contributed by atoms with Crippen molar-refractivity contribution in [3.63, 3.8) is 0 Å². The highest BCUT2D eigenvalue weighted by Crippen LogP contribution is 2.15. The fourth-order valence-electron chi connectivity index (χ4n) is 1.79. The van der Waals surface area contributed by atoms with Crippen molar-refractivity contribution in [2.24, 2.45) is 0 Å². The molecule has 1 saturated heterocycles. The lowest BCUT2D eigenvalue weighted by atomic mass is 10.2. The van der Waals surface area contributed by atoms with E-state index in [1.54, 1.807) is 12.1 Å².